The van der Waals surface area contributed by atoms with Crippen LogP contribution in [-0.2, 0) is 11.2 Å². The molecule has 1 saturated heterocycles. The molecule has 0 unspecified atom stereocenters. The van der Waals surface area contributed by atoms with Gasteiger partial charge in [0.25, 0.3) is 0 Å². The molecule has 120 valence electrons. The fourth-order valence-electron chi connectivity index (χ4n) is 2.93. The Labute approximate surface area is 136 Å². The van der Waals surface area contributed by atoms with E-state index in [0.29, 0.717) is 12.0 Å². The highest BCUT2D eigenvalue weighted by Gasteiger charge is 2.13. The Morgan fingerprint density at radius 2 is 1.87 bits per heavy atom. The SMILES string of the molecule is O=C(CCc1ccccc1F)Nc1cccc(N2CCCC2)c1. The summed E-state index contributed by atoms with van der Waals surface area (Å²) in [7, 11) is 0. The topological polar surface area (TPSA) is 32.3 Å². The molecule has 0 atom stereocenters. The second kappa shape index (κ2) is 7.27. The third-order valence-electron chi connectivity index (χ3n) is 4.18. The Hall–Kier alpha value is -2.36. The van der Waals surface area contributed by atoms with Gasteiger partial charge in [-0.05, 0) is 49.1 Å². The van der Waals surface area contributed by atoms with Gasteiger partial charge in [-0.1, -0.05) is 24.3 Å². The molecular formula is C19H21FN2O. The lowest BCUT2D eigenvalue weighted by atomic mass is 10.1. The molecule has 0 bridgehead atoms. The van der Waals surface area contributed by atoms with Crippen molar-refractivity contribution in [1.29, 1.82) is 0 Å². The Balaban J connectivity index is 1.57. The minimum atomic E-state index is -0.253. The summed E-state index contributed by atoms with van der Waals surface area (Å²) in [6.45, 7) is 2.15. The largest absolute Gasteiger partial charge is 0.371 e. The zero-order valence-corrected chi connectivity index (χ0v) is 13.1. The number of anilines is 2. The van der Waals surface area contributed by atoms with Crippen LogP contribution in [0.15, 0.2) is 48.5 Å². The van der Waals surface area contributed by atoms with E-state index in [0.717, 1.165) is 24.5 Å². The first kappa shape index (κ1) is 15.5. The van der Waals surface area contributed by atoms with Crippen LogP contribution in [-0.4, -0.2) is 19.0 Å². The lowest BCUT2D eigenvalue weighted by molar-refractivity contribution is -0.116. The molecule has 23 heavy (non-hydrogen) atoms. The Kier molecular flexibility index (Phi) is 4.91. The van der Waals surface area contributed by atoms with E-state index in [-0.39, 0.29) is 18.1 Å². The van der Waals surface area contributed by atoms with Gasteiger partial charge in [-0.2, -0.15) is 0 Å². The molecule has 0 aliphatic carbocycles. The monoisotopic (exact) mass is 312 g/mol. The van der Waals surface area contributed by atoms with Gasteiger partial charge >= 0.3 is 0 Å². The van der Waals surface area contributed by atoms with Crippen molar-refractivity contribution >= 4 is 17.3 Å². The molecule has 0 radical (unpaired) electrons. The van der Waals surface area contributed by atoms with E-state index in [9.17, 15) is 9.18 Å². The maximum absolute atomic E-state index is 13.6. The maximum Gasteiger partial charge on any atom is 0.224 e. The van der Waals surface area contributed by atoms with E-state index >= 15 is 0 Å². The van der Waals surface area contributed by atoms with E-state index in [4.69, 9.17) is 0 Å². The van der Waals surface area contributed by atoms with E-state index in [1.165, 1.54) is 18.9 Å². The van der Waals surface area contributed by atoms with E-state index < -0.39 is 0 Å². The van der Waals surface area contributed by atoms with Gasteiger partial charge in [0, 0.05) is 30.9 Å². The van der Waals surface area contributed by atoms with Gasteiger partial charge in [0.2, 0.25) is 5.91 Å². The first-order valence-electron chi connectivity index (χ1n) is 8.10. The number of carbonyl (C=O) groups excluding carboxylic acids is 1. The van der Waals surface area contributed by atoms with E-state index in [2.05, 4.69) is 16.3 Å². The first-order chi connectivity index (χ1) is 11.2. The van der Waals surface area contributed by atoms with Crippen LogP contribution in [0.25, 0.3) is 0 Å². The van der Waals surface area contributed by atoms with Crippen LogP contribution in [0.2, 0.25) is 0 Å². The fourth-order valence-corrected chi connectivity index (χ4v) is 2.93. The highest BCUT2D eigenvalue weighted by molar-refractivity contribution is 5.91. The summed E-state index contributed by atoms with van der Waals surface area (Å²) in [5.74, 6) is -0.344. The first-order valence-corrected chi connectivity index (χ1v) is 8.10. The number of amides is 1. The summed E-state index contributed by atoms with van der Waals surface area (Å²) in [6.07, 6.45) is 3.12. The van der Waals surface area contributed by atoms with Crippen LogP contribution >= 0.6 is 0 Å². The van der Waals surface area contributed by atoms with Crippen molar-refractivity contribution in [2.24, 2.45) is 0 Å². The van der Waals surface area contributed by atoms with Crippen LogP contribution in [0.1, 0.15) is 24.8 Å². The molecular weight excluding hydrogens is 291 g/mol. The molecule has 3 rings (SSSR count). The highest BCUT2D eigenvalue weighted by Crippen LogP contribution is 2.23. The fraction of sp³-hybridized carbons (Fsp3) is 0.316. The zero-order valence-electron chi connectivity index (χ0n) is 13.1. The van der Waals surface area contributed by atoms with Crippen molar-refractivity contribution in [2.75, 3.05) is 23.3 Å². The number of carbonyl (C=O) groups is 1. The van der Waals surface area contributed by atoms with Gasteiger partial charge in [-0.25, -0.2) is 4.39 Å². The normalized spacial score (nSPS) is 14.0. The van der Waals surface area contributed by atoms with Gasteiger partial charge in [0.15, 0.2) is 0 Å². The van der Waals surface area contributed by atoms with Crippen LogP contribution < -0.4 is 10.2 Å². The quantitative estimate of drug-likeness (QED) is 0.905. The second-order valence-corrected chi connectivity index (χ2v) is 5.88. The van der Waals surface area contributed by atoms with Crippen LogP contribution in [0.3, 0.4) is 0 Å². The van der Waals surface area contributed by atoms with Gasteiger partial charge in [0.1, 0.15) is 5.82 Å². The summed E-state index contributed by atoms with van der Waals surface area (Å²) in [5.41, 5.74) is 2.52. The number of hydrogen-bond donors (Lipinski definition) is 1. The maximum atomic E-state index is 13.6. The lowest BCUT2D eigenvalue weighted by Gasteiger charge is -2.18. The van der Waals surface area contributed by atoms with Crippen LogP contribution in [0.5, 0.6) is 0 Å². The molecule has 3 nitrogen and oxygen atoms in total. The molecule has 1 amide bonds. The molecule has 1 aliphatic heterocycles. The standard InChI is InChI=1S/C19H21FN2O/c20-18-9-2-1-6-15(18)10-11-19(23)21-16-7-5-8-17(14-16)22-12-3-4-13-22/h1-2,5-9,14H,3-4,10-13H2,(H,21,23). The highest BCUT2D eigenvalue weighted by atomic mass is 19.1. The average molecular weight is 312 g/mol. The molecule has 1 fully saturated rings. The van der Waals surface area contributed by atoms with E-state index in [1.54, 1.807) is 18.2 Å². The van der Waals surface area contributed by atoms with Gasteiger partial charge in [-0.3, -0.25) is 4.79 Å². The summed E-state index contributed by atoms with van der Waals surface area (Å²) in [4.78, 5) is 14.4. The zero-order chi connectivity index (χ0) is 16.1. The third-order valence-corrected chi connectivity index (χ3v) is 4.18. The van der Waals surface area contributed by atoms with Gasteiger partial charge in [-0.15, -0.1) is 0 Å². The van der Waals surface area contributed by atoms with Crippen molar-refractivity contribution in [3.05, 3.63) is 59.9 Å². The number of aryl methyl sites for hydroxylation is 1. The third kappa shape index (κ3) is 4.09. The summed E-state index contributed by atoms with van der Waals surface area (Å²) >= 11 is 0. The summed E-state index contributed by atoms with van der Waals surface area (Å²) in [5, 5.41) is 2.91. The van der Waals surface area contributed by atoms with Crippen molar-refractivity contribution in [2.45, 2.75) is 25.7 Å². The summed E-state index contributed by atoms with van der Waals surface area (Å²) in [6, 6.07) is 14.5. The van der Waals surface area contributed by atoms with Gasteiger partial charge < -0.3 is 10.2 Å². The number of nitrogens with one attached hydrogen (secondary N) is 1. The number of rotatable bonds is 5. The predicted molar refractivity (Wildman–Crippen MR) is 91.2 cm³/mol. The molecule has 0 saturated carbocycles. The molecule has 1 heterocycles. The van der Waals surface area contributed by atoms with E-state index in [1.807, 2.05) is 18.2 Å². The minimum absolute atomic E-state index is 0.0909. The molecule has 1 aliphatic rings. The lowest BCUT2D eigenvalue weighted by Crippen LogP contribution is -2.18. The smallest absolute Gasteiger partial charge is 0.224 e. The van der Waals surface area contributed by atoms with Crippen LogP contribution in [0.4, 0.5) is 15.8 Å². The van der Waals surface area contributed by atoms with Crippen molar-refractivity contribution in [3.63, 3.8) is 0 Å². The molecule has 2 aromatic carbocycles. The van der Waals surface area contributed by atoms with Crippen LogP contribution in [0, 0.1) is 5.82 Å². The Morgan fingerprint density at radius 3 is 2.65 bits per heavy atom. The molecule has 1 N–H and O–H groups in total. The van der Waals surface area contributed by atoms with Crippen molar-refractivity contribution in [1.82, 2.24) is 0 Å². The Morgan fingerprint density at radius 1 is 1.09 bits per heavy atom. The average Bonchev–Trinajstić information content (AvgIpc) is 3.09. The molecule has 0 aromatic heterocycles. The second-order valence-electron chi connectivity index (χ2n) is 5.88. The number of halogens is 1. The predicted octanol–water partition coefficient (Wildman–Crippen LogP) is 4.00. The number of nitrogens with zero attached hydrogens (tertiary/aromatic N) is 1. The molecule has 2 aromatic rings. The molecule has 0 spiro atoms. The number of hydrogen-bond acceptors (Lipinski definition) is 2. The molecule has 4 heteroatoms. The number of benzene rings is 2. The van der Waals surface area contributed by atoms with Crippen molar-refractivity contribution < 1.29 is 9.18 Å². The summed E-state index contributed by atoms with van der Waals surface area (Å²) < 4.78 is 13.6. The van der Waals surface area contributed by atoms with Gasteiger partial charge in [0.05, 0.1) is 0 Å². The van der Waals surface area contributed by atoms with Crippen molar-refractivity contribution in [3.8, 4) is 0 Å². The minimum Gasteiger partial charge on any atom is -0.371 e. The Bertz CT molecular complexity index is 681.